The molecule has 1 aliphatic heterocycles. The molecular formula is C14H18ClN3O3. The number of nitrogens with two attached hydrogens (primary N) is 2. The first-order chi connectivity index (χ1) is 9.95. The van der Waals surface area contributed by atoms with E-state index < -0.39 is 17.9 Å². The molecule has 21 heavy (non-hydrogen) atoms. The highest BCUT2D eigenvalue weighted by molar-refractivity contribution is 6.34. The van der Waals surface area contributed by atoms with Crippen molar-refractivity contribution in [2.24, 2.45) is 5.73 Å². The normalized spacial score (nSPS) is 17.8. The molecule has 0 spiro atoms. The van der Waals surface area contributed by atoms with Crippen LogP contribution in [0.4, 0.5) is 11.4 Å². The van der Waals surface area contributed by atoms with Gasteiger partial charge in [-0.2, -0.15) is 0 Å². The number of benzene rings is 1. The molecule has 114 valence electrons. The first kappa shape index (κ1) is 15.4. The molecule has 1 fully saturated rings. The predicted octanol–water partition coefficient (Wildman–Crippen LogP) is 1.55. The Balaban J connectivity index is 2.51. The lowest BCUT2D eigenvalue weighted by Crippen LogP contribution is -2.41. The number of primary amides is 1. The molecule has 0 aromatic heterocycles. The molecule has 1 aliphatic rings. The smallest absolute Gasteiger partial charge is 0.340 e. The van der Waals surface area contributed by atoms with E-state index in [0.717, 1.165) is 6.42 Å². The van der Waals surface area contributed by atoms with Gasteiger partial charge in [0.25, 0.3) is 0 Å². The number of halogens is 1. The number of carbonyl (C=O) groups is 2. The Morgan fingerprint density at radius 2 is 2.19 bits per heavy atom. The molecule has 1 aromatic carbocycles. The van der Waals surface area contributed by atoms with Crippen molar-refractivity contribution in [2.75, 3.05) is 23.8 Å². The zero-order valence-corrected chi connectivity index (χ0v) is 12.5. The predicted molar refractivity (Wildman–Crippen MR) is 81.4 cm³/mol. The third-order valence-electron chi connectivity index (χ3n) is 3.45. The van der Waals surface area contributed by atoms with Gasteiger partial charge in [-0.25, -0.2) is 4.79 Å². The maximum Gasteiger partial charge on any atom is 0.340 e. The summed E-state index contributed by atoms with van der Waals surface area (Å²) in [5.74, 6) is -0.952. The first-order valence-corrected chi connectivity index (χ1v) is 7.15. The lowest BCUT2D eigenvalue weighted by atomic mass is 10.1. The van der Waals surface area contributed by atoms with E-state index in [1.54, 1.807) is 17.9 Å². The van der Waals surface area contributed by atoms with Crippen LogP contribution in [0.15, 0.2) is 12.1 Å². The topological polar surface area (TPSA) is 98.7 Å². The zero-order valence-electron chi connectivity index (χ0n) is 11.8. The standard InChI is InChI=1S/C14H18ClN3O3/c1-2-21-14(20)9-6-8(16)7-10(15)12(9)18-5-3-4-11(18)13(17)19/h6-7,11H,2-5,16H2,1H3,(H2,17,19). The third kappa shape index (κ3) is 3.05. The molecule has 0 aliphatic carbocycles. The van der Waals surface area contributed by atoms with Crippen LogP contribution in [0.5, 0.6) is 0 Å². The molecule has 0 radical (unpaired) electrons. The minimum Gasteiger partial charge on any atom is -0.462 e. The molecule has 0 saturated carbocycles. The van der Waals surface area contributed by atoms with Gasteiger partial charge in [0.15, 0.2) is 0 Å². The van der Waals surface area contributed by atoms with Gasteiger partial charge in [0.2, 0.25) is 5.91 Å². The zero-order chi connectivity index (χ0) is 15.6. The fraction of sp³-hybridized carbons (Fsp3) is 0.429. The fourth-order valence-electron chi connectivity index (χ4n) is 2.61. The molecule has 4 N–H and O–H groups in total. The number of esters is 1. The van der Waals surface area contributed by atoms with E-state index >= 15 is 0 Å². The summed E-state index contributed by atoms with van der Waals surface area (Å²) in [5.41, 5.74) is 12.3. The Morgan fingerprint density at radius 3 is 2.81 bits per heavy atom. The number of carbonyl (C=O) groups excluding carboxylic acids is 2. The van der Waals surface area contributed by atoms with Crippen LogP contribution in [0, 0.1) is 0 Å². The molecule has 1 amide bonds. The van der Waals surface area contributed by atoms with Crippen molar-refractivity contribution < 1.29 is 14.3 Å². The highest BCUT2D eigenvalue weighted by Crippen LogP contribution is 2.37. The van der Waals surface area contributed by atoms with E-state index in [-0.39, 0.29) is 12.2 Å². The number of nitrogen functional groups attached to an aromatic ring is 1. The van der Waals surface area contributed by atoms with E-state index in [1.807, 2.05) is 0 Å². The highest BCUT2D eigenvalue weighted by atomic mass is 35.5. The van der Waals surface area contributed by atoms with Crippen LogP contribution in [-0.4, -0.2) is 31.1 Å². The third-order valence-corrected chi connectivity index (χ3v) is 3.74. The van der Waals surface area contributed by atoms with Crippen molar-refractivity contribution in [3.63, 3.8) is 0 Å². The second kappa shape index (κ2) is 6.22. The number of rotatable bonds is 4. The molecular weight excluding hydrogens is 294 g/mol. The van der Waals surface area contributed by atoms with Crippen LogP contribution < -0.4 is 16.4 Å². The molecule has 1 saturated heterocycles. The van der Waals surface area contributed by atoms with Gasteiger partial charge in [-0.3, -0.25) is 4.79 Å². The van der Waals surface area contributed by atoms with Gasteiger partial charge in [0, 0.05) is 12.2 Å². The SMILES string of the molecule is CCOC(=O)c1cc(N)cc(Cl)c1N1CCCC1C(N)=O. The van der Waals surface area contributed by atoms with Crippen LogP contribution in [0.1, 0.15) is 30.1 Å². The number of anilines is 2. The Morgan fingerprint density at radius 1 is 1.48 bits per heavy atom. The van der Waals surface area contributed by atoms with Gasteiger partial charge in [-0.15, -0.1) is 0 Å². The molecule has 1 heterocycles. The summed E-state index contributed by atoms with van der Waals surface area (Å²) in [6.07, 6.45) is 1.44. The lowest BCUT2D eigenvalue weighted by molar-refractivity contribution is -0.119. The summed E-state index contributed by atoms with van der Waals surface area (Å²) in [6, 6.07) is 2.59. The van der Waals surface area contributed by atoms with E-state index in [0.29, 0.717) is 29.4 Å². The Bertz CT molecular complexity index is 577. The number of nitrogens with zero attached hydrogens (tertiary/aromatic N) is 1. The van der Waals surface area contributed by atoms with Crippen molar-refractivity contribution in [3.05, 3.63) is 22.7 Å². The maximum atomic E-state index is 12.1. The number of amides is 1. The van der Waals surface area contributed by atoms with E-state index in [2.05, 4.69) is 0 Å². The van der Waals surface area contributed by atoms with Gasteiger partial charge in [-0.1, -0.05) is 11.6 Å². The van der Waals surface area contributed by atoms with Crippen molar-refractivity contribution in [1.29, 1.82) is 0 Å². The molecule has 1 atom stereocenters. The van der Waals surface area contributed by atoms with Crippen molar-refractivity contribution in [1.82, 2.24) is 0 Å². The molecule has 0 bridgehead atoms. The number of hydrogen-bond acceptors (Lipinski definition) is 5. The van der Waals surface area contributed by atoms with E-state index in [9.17, 15) is 9.59 Å². The second-order valence-electron chi connectivity index (χ2n) is 4.87. The molecule has 6 nitrogen and oxygen atoms in total. The van der Waals surface area contributed by atoms with Gasteiger partial charge < -0.3 is 21.1 Å². The van der Waals surface area contributed by atoms with Crippen LogP contribution in [0.2, 0.25) is 5.02 Å². The van der Waals surface area contributed by atoms with Gasteiger partial charge in [0.1, 0.15) is 6.04 Å². The summed E-state index contributed by atoms with van der Waals surface area (Å²) in [4.78, 5) is 25.5. The van der Waals surface area contributed by atoms with Crippen molar-refractivity contribution in [2.45, 2.75) is 25.8 Å². The summed E-state index contributed by atoms with van der Waals surface area (Å²) in [6.45, 7) is 2.56. The Kier molecular flexibility index (Phi) is 4.57. The summed E-state index contributed by atoms with van der Waals surface area (Å²) in [5, 5.41) is 0.311. The lowest BCUT2D eigenvalue weighted by Gasteiger charge is -2.27. The average Bonchev–Trinajstić information content (AvgIpc) is 2.87. The highest BCUT2D eigenvalue weighted by Gasteiger charge is 2.33. The molecule has 2 rings (SSSR count). The Hall–Kier alpha value is -1.95. The Labute approximate surface area is 128 Å². The van der Waals surface area contributed by atoms with Crippen molar-refractivity contribution in [3.8, 4) is 0 Å². The minimum atomic E-state index is -0.517. The van der Waals surface area contributed by atoms with Crippen LogP contribution in [0.25, 0.3) is 0 Å². The number of hydrogen-bond donors (Lipinski definition) is 2. The van der Waals surface area contributed by atoms with E-state index in [1.165, 1.54) is 6.07 Å². The average molecular weight is 312 g/mol. The van der Waals surface area contributed by atoms with Crippen LogP contribution >= 0.6 is 11.6 Å². The summed E-state index contributed by atoms with van der Waals surface area (Å²) >= 11 is 6.25. The van der Waals surface area contributed by atoms with Crippen molar-refractivity contribution >= 4 is 34.9 Å². The largest absolute Gasteiger partial charge is 0.462 e. The van der Waals surface area contributed by atoms with E-state index in [4.69, 9.17) is 27.8 Å². The second-order valence-corrected chi connectivity index (χ2v) is 5.28. The maximum absolute atomic E-state index is 12.1. The van der Waals surface area contributed by atoms with Gasteiger partial charge in [-0.05, 0) is 31.9 Å². The van der Waals surface area contributed by atoms with Gasteiger partial charge >= 0.3 is 5.97 Å². The summed E-state index contributed by atoms with van der Waals surface area (Å²) in [7, 11) is 0. The molecule has 1 unspecified atom stereocenters. The molecule has 7 heteroatoms. The van der Waals surface area contributed by atoms with Crippen LogP contribution in [0.3, 0.4) is 0 Å². The fourth-order valence-corrected chi connectivity index (χ4v) is 2.94. The van der Waals surface area contributed by atoms with Gasteiger partial charge in [0.05, 0.1) is 22.9 Å². The molecule has 1 aromatic rings. The quantitative estimate of drug-likeness (QED) is 0.649. The van der Waals surface area contributed by atoms with Crippen LogP contribution in [-0.2, 0) is 9.53 Å². The number of ether oxygens (including phenoxy) is 1. The summed E-state index contributed by atoms with van der Waals surface area (Å²) < 4.78 is 5.04. The monoisotopic (exact) mass is 311 g/mol. The minimum absolute atomic E-state index is 0.240. The first-order valence-electron chi connectivity index (χ1n) is 6.77.